The van der Waals surface area contributed by atoms with E-state index in [1.807, 2.05) is 0 Å². The van der Waals surface area contributed by atoms with Crippen molar-refractivity contribution < 1.29 is 5.11 Å². The molecule has 0 saturated heterocycles. The highest BCUT2D eigenvalue weighted by Gasteiger charge is 2.46. The van der Waals surface area contributed by atoms with Crippen molar-refractivity contribution in [2.75, 3.05) is 6.61 Å². The lowest BCUT2D eigenvalue weighted by molar-refractivity contribution is 0.266. The van der Waals surface area contributed by atoms with Gasteiger partial charge in [0.05, 0.1) is 0 Å². The molecule has 1 nitrogen and oxygen atoms in total. The van der Waals surface area contributed by atoms with Crippen LogP contribution in [-0.2, 0) is 0 Å². The second kappa shape index (κ2) is 2.24. The van der Waals surface area contributed by atoms with Gasteiger partial charge in [-0.15, -0.1) is 0 Å². The quantitative estimate of drug-likeness (QED) is 0.577. The van der Waals surface area contributed by atoms with E-state index in [2.05, 4.69) is 24.3 Å². The largest absolute Gasteiger partial charge is 0.396 e. The molecule has 0 aromatic carbocycles. The van der Waals surface area contributed by atoms with Crippen LogP contribution in [0.25, 0.3) is 0 Å². The molecule has 0 amide bonds. The predicted octanol–water partition coefficient (Wildman–Crippen LogP) is 1.36. The Labute approximate surface area is 61.1 Å². The molecular weight excluding hydrogens is 124 g/mol. The number of hydrogen-bond acceptors (Lipinski definition) is 1. The third-order valence-corrected chi connectivity index (χ3v) is 2.60. The first-order valence-electron chi connectivity index (χ1n) is 3.87. The monoisotopic (exact) mass is 136 g/mol. The van der Waals surface area contributed by atoms with Crippen molar-refractivity contribution in [3.63, 3.8) is 0 Å². The Bertz CT molecular complexity index is 181. The normalized spacial score (nSPS) is 42.7. The Hall–Kier alpha value is -0.560. The lowest BCUT2D eigenvalue weighted by Crippen LogP contribution is -1.88. The Morgan fingerprint density at radius 1 is 1.40 bits per heavy atom. The van der Waals surface area contributed by atoms with Crippen LogP contribution in [0.1, 0.15) is 6.42 Å². The first-order valence-corrected chi connectivity index (χ1v) is 3.87. The van der Waals surface area contributed by atoms with Crippen LogP contribution >= 0.6 is 0 Å². The fourth-order valence-electron chi connectivity index (χ4n) is 1.86. The van der Waals surface area contributed by atoms with Crippen LogP contribution in [0.15, 0.2) is 24.3 Å². The van der Waals surface area contributed by atoms with E-state index in [0.717, 1.165) is 12.3 Å². The van der Waals surface area contributed by atoms with Crippen molar-refractivity contribution >= 4 is 0 Å². The van der Waals surface area contributed by atoms with Gasteiger partial charge in [0, 0.05) is 6.61 Å². The molecular formula is C9H12O. The summed E-state index contributed by atoms with van der Waals surface area (Å²) in [5.41, 5.74) is 0. The van der Waals surface area contributed by atoms with Crippen molar-refractivity contribution in [3.8, 4) is 0 Å². The van der Waals surface area contributed by atoms with E-state index in [0.29, 0.717) is 18.4 Å². The molecule has 0 radical (unpaired) electrons. The van der Waals surface area contributed by atoms with Crippen molar-refractivity contribution in [2.45, 2.75) is 6.42 Å². The molecule has 0 spiro atoms. The van der Waals surface area contributed by atoms with Crippen molar-refractivity contribution in [1.82, 2.24) is 0 Å². The van der Waals surface area contributed by atoms with E-state index in [-0.39, 0.29) is 0 Å². The van der Waals surface area contributed by atoms with Crippen molar-refractivity contribution in [1.29, 1.82) is 0 Å². The molecule has 0 aliphatic heterocycles. The van der Waals surface area contributed by atoms with E-state index in [4.69, 9.17) is 5.11 Å². The van der Waals surface area contributed by atoms with Crippen LogP contribution in [0, 0.1) is 17.8 Å². The molecule has 0 aromatic rings. The minimum Gasteiger partial charge on any atom is -0.396 e. The van der Waals surface area contributed by atoms with E-state index >= 15 is 0 Å². The van der Waals surface area contributed by atoms with Gasteiger partial charge in [0.2, 0.25) is 0 Å². The molecule has 1 saturated carbocycles. The molecule has 0 unspecified atom stereocenters. The Morgan fingerprint density at radius 2 is 2.30 bits per heavy atom. The van der Waals surface area contributed by atoms with Crippen LogP contribution < -0.4 is 0 Å². The minimum atomic E-state index is 0.369. The van der Waals surface area contributed by atoms with Gasteiger partial charge in [-0.25, -0.2) is 0 Å². The minimum absolute atomic E-state index is 0.369. The second-order valence-corrected chi connectivity index (χ2v) is 3.14. The van der Waals surface area contributed by atoms with E-state index in [1.165, 1.54) is 0 Å². The first kappa shape index (κ1) is 6.17. The maximum atomic E-state index is 8.87. The van der Waals surface area contributed by atoms with Gasteiger partial charge in [-0.2, -0.15) is 0 Å². The summed E-state index contributed by atoms with van der Waals surface area (Å²) in [4.78, 5) is 0. The van der Waals surface area contributed by atoms with Gasteiger partial charge in [-0.05, 0) is 24.2 Å². The average molecular weight is 136 g/mol. The first-order chi connectivity index (χ1) is 4.93. The van der Waals surface area contributed by atoms with Crippen LogP contribution in [0.2, 0.25) is 0 Å². The number of rotatable bonds is 1. The summed E-state index contributed by atoms with van der Waals surface area (Å²) >= 11 is 0. The number of allylic oxidation sites excluding steroid dienone is 4. The third-order valence-electron chi connectivity index (χ3n) is 2.60. The smallest absolute Gasteiger partial charge is 0.0467 e. The Kier molecular flexibility index (Phi) is 1.38. The maximum absolute atomic E-state index is 8.87. The van der Waals surface area contributed by atoms with Gasteiger partial charge < -0.3 is 5.11 Å². The molecule has 3 atom stereocenters. The van der Waals surface area contributed by atoms with Gasteiger partial charge in [-0.1, -0.05) is 24.3 Å². The number of aliphatic hydroxyl groups excluding tert-OH is 1. The standard InChI is InChI=1S/C9H12O/c10-6-9-7-4-2-1-3-5-8(7)9/h1-4,7-10H,5-6H2/t7-,8+,9+/m1/s1. The summed E-state index contributed by atoms with van der Waals surface area (Å²) in [6.45, 7) is 0.369. The third kappa shape index (κ3) is 0.816. The zero-order chi connectivity index (χ0) is 6.97. The van der Waals surface area contributed by atoms with Gasteiger partial charge in [-0.3, -0.25) is 0 Å². The maximum Gasteiger partial charge on any atom is 0.0467 e. The van der Waals surface area contributed by atoms with Gasteiger partial charge in [0.15, 0.2) is 0 Å². The fraction of sp³-hybridized carbons (Fsp3) is 0.556. The summed E-state index contributed by atoms with van der Waals surface area (Å²) in [5.74, 6) is 2.00. The summed E-state index contributed by atoms with van der Waals surface area (Å²) in [5, 5.41) is 8.87. The highest BCUT2D eigenvalue weighted by Crippen LogP contribution is 2.50. The summed E-state index contributed by atoms with van der Waals surface area (Å²) in [7, 11) is 0. The van der Waals surface area contributed by atoms with Gasteiger partial charge in [0.1, 0.15) is 0 Å². The molecule has 10 heavy (non-hydrogen) atoms. The van der Waals surface area contributed by atoms with Gasteiger partial charge in [0.25, 0.3) is 0 Å². The number of aliphatic hydroxyl groups is 1. The summed E-state index contributed by atoms with van der Waals surface area (Å²) in [6, 6.07) is 0. The molecule has 54 valence electrons. The molecule has 2 aliphatic rings. The SMILES string of the molecule is OC[C@H]1[C@@H]2C=CC=CC[C@@H]21. The zero-order valence-electron chi connectivity index (χ0n) is 5.90. The fourth-order valence-corrected chi connectivity index (χ4v) is 1.86. The molecule has 2 aliphatic carbocycles. The summed E-state index contributed by atoms with van der Waals surface area (Å²) < 4.78 is 0. The zero-order valence-corrected chi connectivity index (χ0v) is 5.90. The lowest BCUT2D eigenvalue weighted by Gasteiger charge is -1.87. The Morgan fingerprint density at radius 3 is 3.10 bits per heavy atom. The highest BCUT2D eigenvalue weighted by atomic mass is 16.3. The average Bonchev–Trinajstić information content (AvgIpc) is 2.59. The predicted molar refractivity (Wildman–Crippen MR) is 40.5 cm³/mol. The highest BCUT2D eigenvalue weighted by molar-refractivity contribution is 5.18. The lowest BCUT2D eigenvalue weighted by atomic mass is 10.2. The Balaban J connectivity index is 2.04. The second-order valence-electron chi connectivity index (χ2n) is 3.14. The topological polar surface area (TPSA) is 20.2 Å². The van der Waals surface area contributed by atoms with E-state index < -0.39 is 0 Å². The molecule has 0 bridgehead atoms. The number of fused-ring (bicyclic) bond motifs is 1. The molecule has 2 rings (SSSR count). The van der Waals surface area contributed by atoms with Crippen molar-refractivity contribution in [2.24, 2.45) is 17.8 Å². The van der Waals surface area contributed by atoms with E-state index in [1.54, 1.807) is 0 Å². The van der Waals surface area contributed by atoms with Crippen molar-refractivity contribution in [3.05, 3.63) is 24.3 Å². The van der Waals surface area contributed by atoms with Crippen LogP contribution in [0.5, 0.6) is 0 Å². The van der Waals surface area contributed by atoms with Crippen LogP contribution in [-0.4, -0.2) is 11.7 Å². The number of hydrogen-bond donors (Lipinski definition) is 1. The molecule has 0 heterocycles. The molecule has 0 aromatic heterocycles. The van der Waals surface area contributed by atoms with E-state index in [9.17, 15) is 0 Å². The molecule has 1 fully saturated rings. The molecule has 1 heteroatoms. The molecule has 1 N–H and O–H groups in total. The van der Waals surface area contributed by atoms with Crippen LogP contribution in [0.3, 0.4) is 0 Å². The van der Waals surface area contributed by atoms with Crippen LogP contribution in [0.4, 0.5) is 0 Å². The summed E-state index contributed by atoms with van der Waals surface area (Å²) in [6.07, 6.45) is 9.76. The van der Waals surface area contributed by atoms with Gasteiger partial charge >= 0.3 is 0 Å².